The van der Waals surface area contributed by atoms with Crippen molar-refractivity contribution in [2.45, 2.75) is 6.54 Å². The van der Waals surface area contributed by atoms with Gasteiger partial charge in [-0.25, -0.2) is 0 Å². The van der Waals surface area contributed by atoms with Crippen LogP contribution in [0.2, 0.25) is 0 Å². The van der Waals surface area contributed by atoms with Crippen LogP contribution in [0.5, 0.6) is 11.5 Å². The summed E-state index contributed by atoms with van der Waals surface area (Å²) in [4.78, 5) is 6.41. The first kappa shape index (κ1) is 15.2. The summed E-state index contributed by atoms with van der Waals surface area (Å²) >= 11 is 0. The number of anilines is 3. The average molecular weight is 335 g/mol. The van der Waals surface area contributed by atoms with Gasteiger partial charge in [0.1, 0.15) is 0 Å². The molecule has 0 bridgehead atoms. The molecular formula is C18H17N5O2. The normalized spacial score (nSPS) is 12.0. The third-order valence-electron chi connectivity index (χ3n) is 3.90. The molecule has 0 spiro atoms. The van der Waals surface area contributed by atoms with Crippen molar-refractivity contribution in [3.63, 3.8) is 0 Å². The van der Waals surface area contributed by atoms with Gasteiger partial charge in [0.25, 0.3) is 5.95 Å². The molecule has 1 N–H and O–H groups in total. The highest BCUT2D eigenvalue weighted by atomic mass is 16.7. The minimum Gasteiger partial charge on any atom is -0.454 e. The Morgan fingerprint density at radius 2 is 1.92 bits per heavy atom. The van der Waals surface area contributed by atoms with Crippen molar-refractivity contribution in [3.05, 3.63) is 60.3 Å². The van der Waals surface area contributed by atoms with Crippen LogP contribution in [0.1, 0.15) is 5.56 Å². The second-order valence-corrected chi connectivity index (χ2v) is 5.58. The maximum Gasteiger partial charge on any atom is 0.251 e. The lowest BCUT2D eigenvalue weighted by atomic mass is 10.2. The van der Waals surface area contributed by atoms with E-state index in [2.05, 4.69) is 20.5 Å². The van der Waals surface area contributed by atoms with Crippen LogP contribution in [0.15, 0.2) is 54.7 Å². The highest BCUT2D eigenvalue weighted by molar-refractivity contribution is 5.56. The molecule has 0 radical (unpaired) electrons. The van der Waals surface area contributed by atoms with E-state index in [9.17, 15) is 0 Å². The minimum atomic E-state index is 0.275. The van der Waals surface area contributed by atoms with Crippen molar-refractivity contribution in [1.29, 1.82) is 0 Å². The Labute approximate surface area is 145 Å². The van der Waals surface area contributed by atoms with Crippen LogP contribution in [0.4, 0.5) is 17.5 Å². The molecule has 0 unspecified atom stereocenters. The summed E-state index contributed by atoms with van der Waals surface area (Å²) in [5, 5.41) is 11.4. The average Bonchev–Trinajstić information content (AvgIpc) is 3.14. The van der Waals surface area contributed by atoms with Gasteiger partial charge in [0.15, 0.2) is 17.3 Å². The molecule has 7 heteroatoms. The zero-order valence-electron chi connectivity index (χ0n) is 13.7. The molecule has 25 heavy (non-hydrogen) atoms. The van der Waals surface area contributed by atoms with E-state index >= 15 is 0 Å². The Morgan fingerprint density at radius 3 is 2.80 bits per heavy atom. The lowest BCUT2D eigenvalue weighted by Gasteiger charge is -2.17. The Balaban J connectivity index is 1.46. The number of aromatic nitrogens is 3. The molecule has 0 saturated carbocycles. The summed E-state index contributed by atoms with van der Waals surface area (Å²) in [7, 11) is 1.91. The summed E-state index contributed by atoms with van der Waals surface area (Å²) in [5.74, 6) is 2.73. The molecule has 126 valence electrons. The van der Waals surface area contributed by atoms with Crippen LogP contribution in [-0.4, -0.2) is 29.0 Å². The zero-order valence-corrected chi connectivity index (χ0v) is 13.7. The van der Waals surface area contributed by atoms with Crippen LogP contribution in [0.3, 0.4) is 0 Å². The fraction of sp³-hybridized carbons (Fsp3) is 0.167. The van der Waals surface area contributed by atoms with Crippen LogP contribution >= 0.6 is 0 Å². The molecule has 0 aliphatic carbocycles. The van der Waals surface area contributed by atoms with E-state index in [1.165, 1.54) is 0 Å². The first-order chi connectivity index (χ1) is 12.3. The molecule has 1 aliphatic rings. The summed E-state index contributed by atoms with van der Waals surface area (Å²) in [5.41, 5.74) is 2.07. The molecule has 1 aliphatic heterocycles. The number of hydrogen-bond donors (Lipinski definition) is 1. The van der Waals surface area contributed by atoms with E-state index < -0.39 is 0 Å². The Morgan fingerprint density at radius 1 is 1.08 bits per heavy atom. The third-order valence-corrected chi connectivity index (χ3v) is 3.90. The SMILES string of the molecule is CN(c1ccccc1)c1nncc(NCc2ccc3c(c2)OCO3)n1. The minimum absolute atomic E-state index is 0.275. The maximum atomic E-state index is 5.40. The van der Waals surface area contributed by atoms with Gasteiger partial charge in [-0.05, 0) is 29.8 Å². The van der Waals surface area contributed by atoms with Gasteiger partial charge in [-0.2, -0.15) is 10.1 Å². The van der Waals surface area contributed by atoms with E-state index in [1.54, 1.807) is 6.20 Å². The summed E-state index contributed by atoms with van der Waals surface area (Å²) in [6, 6.07) is 15.8. The number of rotatable bonds is 5. The van der Waals surface area contributed by atoms with E-state index in [-0.39, 0.29) is 6.79 Å². The van der Waals surface area contributed by atoms with Crippen LogP contribution < -0.4 is 19.7 Å². The second-order valence-electron chi connectivity index (χ2n) is 5.58. The molecule has 2 heterocycles. The smallest absolute Gasteiger partial charge is 0.251 e. The van der Waals surface area contributed by atoms with Gasteiger partial charge >= 0.3 is 0 Å². The number of ether oxygens (including phenoxy) is 2. The highest BCUT2D eigenvalue weighted by Crippen LogP contribution is 2.32. The third kappa shape index (κ3) is 3.30. The standard InChI is InChI=1S/C18H17N5O2/c1-23(14-5-3-2-4-6-14)18-21-17(11-20-22-18)19-10-13-7-8-15-16(9-13)25-12-24-15/h2-9,11H,10,12H2,1H3,(H,19,21,22). The van der Waals surface area contributed by atoms with Crippen molar-refractivity contribution in [1.82, 2.24) is 15.2 Å². The molecule has 2 aromatic carbocycles. The zero-order chi connectivity index (χ0) is 17.1. The van der Waals surface area contributed by atoms with Crippen molar-refractivity contribution in [2.24, 2.45) is 0 Å². The Hall–Kier alpha value is -3.35. The van der Waals surface area contributed by atoms with Gasteiger partial charge in [0.2, 0.25) is 6.79 Å². The molecule has 1 aromatic heterocycles. The fourth-order valence-electron chi connectivity index (χ4n) is 2.53. The lowest BCUT2D eigenvalue weighted by molar-refractivity contribution is 0.174. The Bertz CT molecular complexity index is 872. The number of hydrogen-bond acceptors (Lipinski definition) is 7. The number of nitrogens with one attached hydrogen (secondary N) is 1. The van der Waals surface area contributed by atoms with Gasteiger partial charge in [0, 0.05) is 19.3 Å². The number of fused-ring (bicyclic) bond motifs is 1. The lowest BCUT2D eigenvalue weighted by Crippen LogP contribution is -2.15. The van der Waals surface area contributed by atoms with Crippen LogP contribution in [0, 0.1) is 0 Å². The fourth-order valence-corrected chi connectivity index (χ4v) is 2.53. The molecular weight excluding hydrogens is 318 g/mol. The molecule has 0 amide bonds. The van der Waals surface area contributed by atoms with Crippen LogP contribution in [-0.2, 0) is 6.54 Å². The number of benzene rings is 2. The van der Waals surface area contributed by atoms with Crippen LogP contribution in [0.25, 0.3) is 0 Å². The Kier molecular flexibility index (Phi) is 4.04. The van der Waals surface area contributed by atoms with E-state index in [1.807, 2.05) is 60.5 Å². The largest absolute Gasteiger partial charge is 0.454 e. The summed E-state index contributed by atoms with van der Waals surface area (Å²) < 4.78 is 10.7. The van der Waals surface area contributed by atoms with Gasteiger partial charge in [0.05, 0.1) is 6.20 Å². The molecule has 4 rings (SSSR count). The topological polar surface area (TPSA) is 72.4 Å². The van der Waals surface area contributed by atoms with Crippen molar-refractivity contribution < 1.29 is 9.47 Å². The van der Waals surface area contributed by atoms with Crippen molar-refractivity contribution in [2.75, 3.05) is 24.1 Å². The quantitative estimate of drug-likeness (QED) is 0.768. The highest BCUT2D eigenvalue weighted by Gasteiger charge is 2.13. The van der Waals surface area contributed by atoms with Gasteiger partial charge in [-0.15, -0.1) is 5.10 Å². The first-order valence-electron chi connectivity index (χ1n) is 7.90. The number of para-hydroxylation sites is 1. The second kappa shape index (κ2) is 6.64. The summed E-state index contributed by atoms with van der Waals surface area (Å²) in [6.45, 7) is 0.876. The number of nitrogens with zero attached hydrogens (tertiary/aromatic N) is 4. The van der Waals surface area contributed by atoms with Gasteiger partial charge in [-0.1, -0.05) is 24.3 Å². The molecule has 7 nitrogen and oxygen atoms in total. The van der Waals surface area contributed by atoms with E-state index in [0.29, 0.717) is 18.3 Å². The molecule has 0 saturated heterocycles. The molecule has 0 atom stereocenters. The predicted octanol–water partition coefficient (Wildman–Crippen LogP) is 2.98. The molecule has 0 fully saturated rings. The first-order valence-corrected chi connectivity index (χ1v) is 7.90. The monoisotopic (exact) mass is 335 g/mol. The van der Waals surface area contributed by atoms with Crippen molar-refractivity contribution >= 4 is 17.5 Å². The predicted molar refractivity (Wildman–Crippen MR) is 94.2 cm³/mol. The van der Waals surface area contributed by atoms with E-state index in [0.717, 1.165) is 22.7 Å². The molecule has 3 aromatic rings. The maximum absolute atomic E-state index is 5.40. The van der Waals surface area contributed by atoms with E-state index in [4.69, 9.17) is 9.47 Å². The van der Waals surface area contributed by atoms with Crippen molar-refractivity contribution in [3.8, 4) is 11.5 Å². The van der Waals surface area contributed by atoms with Gasteiger partial charge in [-0.3, -0.25) is 0 Å². The van der Waals surface area contributed by atoms with Gasteiger partial charge < -0.3 is 19.7 Å². The summed E-state index contributed by atoms with van der Waals surface area (Å²) in [6.07, 6.45) is 1.61.